The van der Waals surface area contributed by atoms with Crippen LogP contribution in [0, 0.1) is 0 Å². The number of alkyl halides is 3. The van der Waals surface area contributed by atoms with Crippen LogP contribution in [0.2, 0.25) is 0 Å². The monoisotopic (exact) mass is 424 g/mol. The fraction of sp³-hybridized carbons (Fsp3) is 0.250. The quantitative estimate of drug-likeness (QED) is 0.473. The molecular formula is C24H23F3N4. The average molecular weight is 424 g/mol. The van der Waals surface area contributed by atoms with Gasteiger partial charge in [-0.25, -0.2) is 0 Å². The molecule has 2 aromatic heterocycles. The van der Waals surface area contributed by atoms with Gasteiger partial charge in [0.05, 0.1) is 5.69 Å². The van der Waals surface area contributed by atoms with Crippen LogP contribution in [0.5, 0.6) is 0 Å². The summed E-state index contributed by atoms with van der Waals surface area (Å²) in [5.74, 6) is 0. The predicted octanol–water partition coefficient (Wildman–Crippen LogP) is 6.47. The minimum Gasteiger partial charge on any atom is -0.345 e. The molecule has 0 radical (unpaired) electrons. The first-order chi connectivity index (χ1) is 15.0. The lowest BCUT2D eigenvalue weighted by atomic mass is 10.1. The topological polar surface area (TPSA) is 44.8 Å². The van der Waals surface area contributed by atoms with Gasteiger partial charge in [-0.3, -0.25) is 10.1 Å². The van der Waals surface area contributed by atoms with Gasteiger partial charge in [-0.15, -0.1) is 0 Å². The first-order valence-electron chi connectivity index (χ1n) is 10.3. The Morgan fingerprint density at radius 3 is 2.48 bits per heavy atom. The normalized spacial score (nSPS) is 13.8. The number of pyridine rings is 1. The molecule has 0 aliphatic heterocycles. The molecule has 1 aliphatic carbocycles. The SMILES string of the molecule is CCCCN(C1=CC=C(c2ccc(-c3cc(C(F)(F)F)[nH]n3)nc2)C1)c1ccccc1. The molecule has 1 aromatic carbocycles. The Kier molecular flexibility index (Phi) is 5.93. The zero-order chi connectivity index (χ0) is 21.8. The summed E-state index contributed by atoms with van der Waals surface area (Å²) in [5.41, 5.74) is 4.16. The molecule has 4 nitrogen and oxygen atoms in total. The molecule has 1 N–H and O–H groups in total. The van der Waals surface area contributed by atoms with E-state index in [2.05, 4.69) is 46.2 Å². The first-order valence-corrected chi connectivity index (χ1v) is 10.3. The fourth-order valence-corrected chi connectivity index (χ4v) is 3.59. The van der Waals surface area contributed by atoms with E-state index >= 15 is 0 Å². The van der Waals surface area contributed by atoms with Crippen molar-refractivity contribution >= 4 is 11.3 Å². The molecular weight excluding hydrogens is 401 g/mol. The van der Waals surface area contributed by atoms with Gasteiger partial charge in [0.2, 0.25) is 0 Å². The Balaban J connectivity index is 1.47. The molecule has 0 bridgehead atoms. The zero-order valence-electron chi connectivity index (χ0n) is 17.2. The predicted molar refractivity (Wildman–Crippen MR) is 116 cm³/mol. The summed E-state index contributed by atoms with van der Waals surface area (Å²) in [4.78, 5) is 6.68. The van der Waals surface area contributed by atoms with Crippen LogP contribution in [-0.2, 0) is 6.18 Å². The number of aromatic nitrogens is 3. The molecule has 0 fully saturated rings. The van der Waals surface area contributed by atoms with Crippen LogP contribution in [0.4, 0.5) is 18.9 Å². The van der Waals surface area contributed by atoms with Gasteiger partial charge in [0.25, 0.3) is 0 Å². The number of hydrogen-bond acceptors (Lipinski definition) is 3. The lowest BCUT2D eigenvalue weighted by molar-refractivity contribution is -0.141. The zero-order valence-corrected chi connectivity index (χ0v) is 17.2. The molecule has 1 aliphatic rings. The number of benzene rings is 1. The van der Waals surface area contributed by atoms with Crippen LogP contribution >= 0.6 is 0 Å². The van der Waals surface area contributed by atoms with E-state index in [4.69, 9.17) is 0 Å². The van der Waals surface area contributed by atoms with Gasteiger partial charge >= 0.3 is 6.18 Å². The summed E-state index contributed by atoms with van der Waals surface area (Å²) >= 11 is 0. The van der Waals surface area contributed by atoms with Crippen molar-refractivity contribution in [3.05, 3.63) is 83.8 Å². The van der Waals surface area contributed by atoms with Crippen molar-refractivity contribution in [1.29, 1.82) is 0 Å². The first kappa shape index (κ1) is 20.9. The highest BCUT2D eigenvalue weighted by Gasteiger charge is 2.33. The van der Waals surface area contributed by atoms with Crippen LogP contribution in [0.15, 0.2) is 72.6 Å². The van der Waals surface area contributed by atoms with E-state index in [0.717, 1.165) is 43.0 Å². The van der Waals surface area contributed by atoms with Crippen molar-refractivity contribution < 1.29 is 13.2 Å². The maximum atomic E-state index is 12.8. The smallest absolute Gasteiger partial charge is 0.345 e. The van der Waals surface area contributed by atoms with E-state index in [1.165, 1.54) is 11.4 Å². The summed E-state index contributed by atoms with van der Waals surface area (Å²) in [5, 5.41) is 5.76. The van der Waals surface area contributed by atoms with Gasteiger partial charge in [-0.1, -0.05) is 43.7 Å². The number of nitrogens with one attached hydrogen (secondary N) is 1. The van der Waals surface area contributed by atoms with Crippen molar-refractivity contribution in [2.45, 2.75) is 32.4 Å². The molecule has 31 heavy (non-hydrogen) atoms. The van der Waals surface area contributed by atoms with E-state index in [9.17, 15) is 13.2 Å². The second-order valence-corrected chi connectivity index (χ2v) is 7.46. The van der Waals surface area contributed by atoms with Crippen LogP contribution in [0.1, 0.15) is 37.4 Å². The number of hydrogen-bond donors (Lipinski definition) is 1. The van der Waals surface area contributed by atoms with E-state index in [1.54, 1.807) is 12.3 Å². The number of H-pyrrole nitrogens is 1. The Bertz CT molecular complexity index is 1080. The average Bonchev–Trinajstić information content (AvgIpc) is 3.45. The maximum Gasteiger partial charge on any atom is 0.432 e. The second-order valence-electron chi connectivity index (χ2n) is 7.46. The highest BCUT2D eigenvalue weighted by atomic mass is 19.4. The lowest BCUT2D eigenvalue weighted by Gasteiger charge is -2.26. The van der Waals surface area contributed by atoms with E-state index < -0.39 is 11.9 Å². The van der Waals surface area contributed by atoms with Crippen molar-refractivity contribution in [2.24, 2.45) is 0 Å². The molecule has 0 saturated carbocycles. The van der Waals surface area contributed by atoms with Gasteiger partial charge in [0, 0.05) is 30.5 Å². The summed E-state index contributed by atoms with van der Waals surface area (Å²) in [7, 11) is 0. The third kappa shape index (κ3) is 4.71. The molecule has 160 valence electrons. The van der Waals surface area contributed by atoms with Gasteiger partial charge < -0.3 is 4.90 Å². The van der Waals surface area contributed by atoms with Crippen molar-refractivity contribution in [2.75, 3.05) is 11.4 Å². The summed E-state index contributed by atoms with van der Waals surface area (Å²) in [6.45, 7) is 3.13. The van der Waals surface area contributed by atoms with Gasteiger partial charge in [0.1, 0.15) is 11.4 Å². The number of allylic oxidation sites excluding steroid dienone is 3. The highest BCUT2D eigenvalue weighted by Crippen LogP contribution is 2.34. The molecule has 2 heterocycles. The largest absolute Gasteiger partial charge is 0.432 e. The van der Waals surface area contributed by atoms with E-state index in [0.29, 0.717) is 5.69 Å². The van der Waals surface area contributed by atoms with Crippen LogP contribution in [0.3, 0.4) is 0 Å². The summed E-state index contributed by atoms with van der Waals surface area (Å²) in [6.07, 6.45) is 4.45. The third-order valence-electron chi connectivity index (χ3n) is 5.28. The molecule has 4 rings (SSSR count). The summed E-state index contributed by atoms with van der Waals surface area (Å²) in [6, 6.07) is 14.9. The lowest BCUT2D eigenvalue weighted by Crippen LogP contribution is -2.23. The second kappa shape index (κ2) is 8.79. The molecule has 0 saturated heterocycles. The van der Waals surface area contributed by atoms with Gasteiger partial charge in [0.15, 0.2) is 0 Å². The number of halogens is 3. The Morgan fingerprint density at radius 2 is 1.84 bits per heavy atom. The van der Waals surface area contributed by atoms with Gasteiger partial charge in [-0.05, 0) is 47.9 Å². The van der Waals surface area contributed by atoms with Crippen molar-refractivity contribution in [3.63, 3.8) is 0 Å². The number of rotatable bonds is 7. The maximum absolute atomic E-state index is 12.8. The standard InChI is InChI=1S/C24H23F3N4/c1-2-3-13-31(19-7-5-4-6-8-19)20-11-9-17(14-20)18-10-12-21(28-16-18)22-15-23(30-29-22)24(25,26)27/h4-12,15-16H,2-3,13-14H2,1H3,(H,29,30). The van der Waals surface area contributed by atoms with Crippen molar-refractivity contribution in [1.82, 2.24) is 15.2 Å². The van der Waals surface area contributed by atoms with E-state index in [1.807, 2.05) is 29.4 Å². The number of nitrogens with zero attached hydrogens (tertiary/aromatic N) is 3. The highest BCUT2D eigenvalue weighted by molar-refractivity contribution is 5.75. The minimum atomic E-state index is -4.45. The third-order valence-corrected chi connectivity index (χ3v) is 5.28. The molecule has 3 aromatic rings. The van der Waals surface area contributed by atoms with Crippen LogP contribution < -0.4 is 4.90 Å². The Hall–Kier alpha value is -3.35. The fourth-order valence-electron chi connectivity index (χ4n) is 3.59. The van der Waals surface area contributed by atoms with Crippen LogP contribution in [-0.4, -0.2) is 21.7 Å². The molecule has 0 atom stereocenters. The Morgan fingerprint density at radius 1 is 1.03 bits per heavy atom. The number of anilines is 1. The molecule has 0 spiro atoms. The molecule has 0 unspecified atom stereocenters. The molecule has 7 heteroatoms. The van der Waals surface area contributed by atoms with E-state index in [-0.39, 0.29) is 5.69 Å². The van der Waals surface area contributed by atoms with Crippen molar-refractivity contribution in [3.8, 4) is 11.4 Å². The summed E-state index contributed by atoms with van der Waals surface area (Å²) < 4.78 is 38.3. The minimum absolute atomic E-state index is 0.174. The molecule has 0 amide bonds. The van der Waals surface area contributed by atoms with Crippen LogP contribution in [0.25, 0.3) is 17.0 Å². The van der Waals surface area contributed by atoms with Gasteiger partial charge in [-0.2, -0.15) is 18.3 Å². The number of unbranched alkanes of at least 4 members (excludes halogenated alkanes) is 1. The Labute approximate surface area is 179 Å². The number of para-hydroxylation sites is 1. The number of aromatic amines is 1.